The highest BCUT2D eigenvalue weighted by molar-refractivity contribution is 6.30. The summed E-state index contributed by atoms with van der Waals surface area (Å²) in [5, 5.41) is 4.52. The van der Waals surface area contributed by atoms with Crippen LogP contribution in [0.5, 0.6) is 0 Å². The Balaban J connectivity index is 1.41. The molecule has 42 heavy (non-hydrogen) atoms. The van der Waals surface area contributed by atoms with Crippen LogP contribution in [-0.2, 0) is 11.2 Å². The highest BCUT2D eigenvalue weighted by atomic mass is 35.5. The van der Waals surface area contributed by atoms with Crippen LogP contribution in [0.15, 0.2) is 24.3 Å². The lowest BCUT2D eigenvalue weighted by molar-refractivity contribution is -0.135. The van der Waals surface area contributed by atoms with Crippen LogP contribution in [-0.4, -0.2) is 102 Å². The molecule has 3 fully saturated rings. The summed E-state index contributed by atoms with van der Waals surface area (Å²) in [6, 6.07) is 8.76. The van der Waals surface area contributed by atoms with E-state index in [0.717, 1.165) is 81.8 Å². The minimum Gasteiger partial charge on any atom is -0.341 e. The number of rotatable bonds is 11. The third kappa shape index (κ3) is 9.09. The Hall–Kier alpha value is -1.83. The summed E-state index contributed by atoms with van der Waals surface area (Å²) in [5.74, 6) is 0.875. The molecule has 0 aromatic heterocycles. The van der Waals surface area contributed by atoms with E-state index in [9.17, 15) is 9.59 Å². The number of carbonyl (C=O) groups is 2. The molecule has 8 heteroatoms. The van der Waals surface area contributed by atoms with Crippen molar-refractivity contribution < 1.29 is 9.59 Å². The van der Waals surface area contributed by atoms with Crippen molar-refractivity contribution in [1.29, 1.82) is 0 Å². The van der Waals surface area contributed by atoms with Crippen molar-refractivity contribution in [1.82, 2.24) is 24.9 Å². The average Bonchev–Trinajstić information content (AvgIpc) is 3.00. The standard InChI is InChI=1S/C34H56ClN5O2/c1-5-38(6-2)34(42)40(30-10-8-7-9-11-30)31-18-22-39(23-19-31)33(41)32(24-27-12-14-28(35)15-13-27)36-29-16-20-37(21-17-29)25-26(3)4/h12-15,26,29-32,36H,5-11,16-25H2,1-4H3/t32-/m1/s1. The minimum absolute atomic E-state index is 0.197. The largest absolute Gasteiger partial charge is 0.341 e. The number of piperidine rings is 2. The molecule has 1 saturated carbocycles. The molecule has 236 valence electrons. The molecule has 1 N–H and O–H groups in total. The molecular weight excluding hydrogens is 546 g/mol. The van der Waals surface area contributed by atoms with Gasteiger partial charge in [0.25, 0.3) is 0 Å². The van der Waals surface area contributed by atoms with Gasteiger partial charge in [-0.3, -0.25) is 4.79 Å². The molecule has 1 aromatic rings. The first-order chi connectivity index (χ1) is 20.3. The fourth-order valence-corrected chi connectivity index (χ4v) is 7.49. The monoisotopic (exact) mass is 601 g/mol. The molecular formula is C34H56ClN5O2. The Morgan fingerprint density at radius 1 is 0.881 bits per heavy atom. The van der Waals surface area contributed by atoms with Gasteiger partial charge >= 0.3 is 6.03 Å². The van der Waals surface area contributed by atoms with Gasteiger partial charge in [-0.05, 0) is 95.5 Å². The Bertz CT molecular complexity index is 963. The molecule has 0 spiro atoms. The minimum atomic E-state index is -0.254. The fraction of sp³-hybridized carbons (Fsp3) is 0.765. The maximum Gasteiger partial charge on any atom is 0.320 e. The second-order valence-electron chi connectivity index (χ2n) is 13.2. The van der Waals surface area contributed by atoms with Crippen molar-refractivity contribution in [3.8, 4) is 0 Å². The number of benzene rings is 1. The lowest BCUT2D eigenvalue weighted by atomic mass is 9.91. The number of halogens is 1. The number of nitrogens with zero attached hydrogens (tertiary/aromatic N) is 4. The third-order valence-electron chi connectivity index (χ3n) is 9.69. The number of likely N-dealkylation sites (tertiary alicyclic amines) is 2. The Kier molecular flexibility index (Phi) is 12.8. The lowest BCUT2D eigenvalue weighted by Gasteiger charge is -2.45. The van der Waals surface area contributed by atoms with Crippen LogP contribution in [0.3, 0.4) is 0 Å². The van der Waals surface area contributed by atoms with Crippen LogP contribution in [0.2, 0.25) is 5.02 Å². The van der Waals surface area contributed by atoms with Gasteiger partial charge in [-0.1, -0.05) is 56.8 Å². The summed E-state index contributed by atoms with van der Waals surface area (Å²) in [4.78, 5) is 36.7. The van der Waals surface area contributed by atoms with Gasteiger partial charge in [0.2, 0.25) is 5.91 Å². The van der Waals surface area contributed by atoms with Crippen LogP contribution in [0.4, 0.5) is 4.79 Å². The molecule has 1 atom stereocenters. The topological polar surface area (TPSA) is 59.1 Å². The summed E-state index contributed by atoms with van der Waals surface area (Å²) >= 11 is 6.17. The van der Waals surface area contributed by atoms with Crippen molar-refractivity contribution in [2.75, 3.05) is 45.8 Å². The smallest absolute Gasteiger partial charge is 0.320 e. The summed E-state index contributed by atoms with van der Waals surface area (Å²) < 4.78 is 0. The molecule has 2 heterocycles. The molecule has 1 aromatic carbocycles. The summed E-state index contributed by atoms with van der Waals surface area (Å²) in [5.41, 5.74) is 1.13. The summed E-state index contributed by atoms with van der Waals surface area (Å²) in [7, 11) is 0. The maximum atomic E-state index is 14.1. The zero-order valence-electron chi connectivity index (χ0n) is 26.7. The quantitative estimate of drug-likeness (QED) is 0.336. The molecule has 0 bridgehead atoms. The van der Waals surface area contributed by atoms with Gasteiger partial charge < -0.3 is 24.9 Å². The van der Waals surface area contributed by atoms with E-state index in [1.54, 1.807) is 0 Å². The number of hydrogen-bond acceptors (Lipinski definition) is 4. The van der Waals surface area contributed by atoms with E-state index >= 15 is 0 Å². The van der Waals surface area contributed by atoms with Gasteiger partial charge in [-0.15, -0.1) is 0 Å². The highest BCUT2D eigenvalue weighted by Gasteiger charge is 2.37. The van der Waals surface area contributed by atoms with Crippen LogP contribution in [0.1, 0.15) is 91.0 Å². The van der Waals surface area contributed by atoms with Crippen molar-refractivity contribution in [3.05, 3.63) is 34.9 Å². The summed E-state index contributed by atoms with van der Waals surface area (Å²) in [6.07, 6.45) is 10.4. The lowest BCUT2D eigenvalue weighted by Crippen LogP contribution is -2.58. The van der Waals surface area contributed by atoms with Gasteiger partial charge in [-0.25, -0.2) is 4.79 Å². The molecule has 3 amide bonds. The van der Waals surface area contributed by atoms with E-state index in [1.807, 2.05) is 29.2 Å². The average molecular weight is 602 g/mol. The zero-order valence-corrected chi connectivity index (χ0v) is 27.5. The highest BCUT2D eigenvalue weighted by Crippen LogP contribution is 2.29. The Morgan fingerprint density at radius 3 is 2.05 bits per heavy atom. The van der Waals surface area contributed by atoms with Crippen LogP contribution in [0.25, 0.3) is 0 Å². The number of amides is 3. The van der Waals surface area contributed by atoms with E-state index in [2.05, 4.69) is 47.7 Å². The zero-order chi connectivity index (χ0) is 30.1. The molecule has 0 unspecified atom stereocenters. The predicted octanol–water partition coefficient (Wildman–Crippen LogP) is 6.05. The van der Waals surface area contributed by atoms with Crippen molar-refractivity contribution >= 4 is 23.5 Å². The Labute approximate surface area is 260 Å². The molecule has 4 rings (SSSR count). The second kappa shape index (κ2) is 16.3. The van der Waals surface area contributed by atoms with Gasteiger partial charge in [0.05, 0.1) is 6.04 Å². The van der Waals surface area contributed by atoms with E-state index in [0.29, 0.717) is 37.5 Å². The SMILES string of the molecule is CCN(CC)C(=O)N(C1CCCCC1)C1CCN(C(=O)[C@@H](Cc2ccc(Cl)cc2)NC2CCN(CC(C)C)CC2)CC1. The van der Waals surface area contributed by atoms with E-state index in [4.69, 9.17) is 11.6 Å². The summed E-state index contributed by atoms with van der Waals surface area (Å²) in [6.45, 7) is 14.9. The number of carbonyl (C=O) groups excluding carboxylic acids is 2. The number of hydrogen-bond donors (Lipinski definition) is 1. The molecule has 1 aliphatic carbocycles. The normalized spacial score (nSPS) is 20.6. The number of urea groups is 1. The van der Waals surface area contributed by atoms with Gasteiger partial charge in [0, 0.05) is 55.9 Å². The van der Waals surface area contributed by atoms with Gasteiger partial charge in [0.1, 0.15) is 0 Å². The molecule has 2 saturated heterocycles. The Morgan fingerprint density at radius 2 is 1.48 bits per heavy atom. The predicted molar refractivity (Wildman–Crippen MR) is 173 cm³/mol. The van der Waals surface area contributed by atoms with Gasteiger partial charge in [0.15, 0.2) is 0 Å². The van der Waals surface area contributed by atoms with Crippen LogP contribution in [0, 0.1) is 5.92 Å². The first-order valence-electron chi connectivity index (χ1n) is 16.9. The van der Waals surface area contributed by atoms with Crippen LogP contribution < -0.4 is 5.32 Å². The van der Waals surface area contributed by atoms with Crippen LogP contribution >= 0.6 is 11.6 Å². The van der Waals surface area contributed by atoms with E-state index in [1.165, 1.54) is 19.3 Å². The van der Waals surface area contributed by atoms with Gasteiger partial charge in [-0.2, -0.15) is 0 Å². The van der Waals surface area contributed by atoms with Crippen molar-refractivity contribution in [3.63, 3.8) is 0 Å². The van der Waals surface area contributed by atoms with Crippen molar-refractivity contribution in [2.24, 2.45) is 5.92 Å². The molecule has 0 radical (unpaired) electrons. The van der Waals surface area contributed by atoms with E-state index < -0.39 is 0 Å². The number of nitrogens with one attached hydrogen (secondary N) is 1. The van der Waals surface area contributed by atoms with Crippen molar-refractivity contribution in [2.45, 2.75) is 116 Å². The second-order valence-corrected chi connectivity index (χ2v) is 13.7. The molecule has 3 aliphatic rings. The first-order valence-corrected chi connectivity index (χ1v) is 17.3. The molecule has 7 nitrogen and oxygen atoms in total. The first kappa shape index (κ1) is 33.1. The van der Waals surface area contributed by atoms with E-state index in [-0.39, 0.29) is 24.0 Å². The third-order valence-corrected chi connectivity index (χ3v) is 9.94. The fourth-order valence-electron chi connectivity index (χ4n) is 7.37. The maximum absolute atomic E-state index is 14.1. The molecule has 2 aliphatic heterocycles.